The fraction of sp³-hybridized carbons (Fsp3) is 0.214. The molecule has 0 amide bonds. The Bertz CT molecular complexity index is 662. The van der Waals surface area contributed by atoms with E-state index >= 15 is 0 Å². The minimum absolute atomic E-state index is 0.137. The van der Waals surface area contributed by atoms with E-state index < -0.39 is 23.3 Å². The number of carbonyl (C=O) groups excluding carboxylic acids is 1. The zero-order valence-electron chi connectivity index (χ0n) is 10.7. The largest absolute Gasteiger partial charge is 0.495 e. The first-order chi connectivity index (χ1) is 9.40. The number of rotatable bonds is 2. The molecule has 0 bridgehead atoms. The topological polar surface area (TPSA) is 35.5 Å². The molecule has 0 aliphatic carbocycles. The summed E-state index contributed by atoms with van der Waals surface area (Å²) >= 11 is 0. The van der Waals surface area contributed by atoms with Crippen LogP contribution in [0.5, 0.6) is 5.75 Å². The summed E-state index contributed by atoms with van der Waals surface area (Å²) in [6.45, 7) is 0. The van der Waals surface area contributed by atoms with Gasteiger partial charge >= 0.3 is 12.1 Å². The van der Waals surface area contributed by atoms with Crippen molar-refractivity contribution in [3.8, 4) is 5.75 Å². The van der Waals surface area contributed by atoms with Crippen molar-refractivity contribution in [2.45, 2.75) is 6.18 Å². The lowest BCUT2D eigenvalue weighted by atomic mass is 9.98. The van der Waals surface area contributed by atoms with Crippen LogP contribution in [-0.2, 0) is 10.9 Å². The van der Waals surface area contributed by atoms with Crippen LogP contribution in [0.3, 0.4) is 0 Å². The quantitative estimate of drug-likeness (QED) is 0.790. The lowest BCUT2D eigenvalue weighted by Crippen LogP contribution is -2.16. The molecule has 0 fully saturated rings. The minimum atomic E-state index is -4.68. The molecule has 0 radical (unpaired) electrons. The summed E-state index contributed by atoms with van der Waals surface area (Å²) in [7, 11) is 2.24. The second-order valence-electron chi connectivity index (χ2n) is 4.04. The molecule has 0 unspecified atom stereocenters. The molecule has 0 aliphatic heterocycles. The van der Waals surface area contributed by atoms with Crippen molar-refractivity contribution in [3.63, 3.8) is 0 Å². The molecule has 2 aromatic carbocycles. The van der Waals surface area contributed by atoms with Gasteiger partial charge in [-0.2, -0.15) is 13.2 Å². The molecule has 3 nitrogen and oxygen atoms in total. The van der Waals surface area contributed by atoms with Crippen LogP contribution < -0.4 is 4.74 Å². The highest BCUT2D eigenvalue weighted by molar-refractivity contribution is 6.03. The Morgan fingerprint density at radius 2 is 1.80 bits per heavy atom. The number of halogens is 3. The first kappa shape index (κ1) is 14.2. The summed E-state index contributed by atoms with van der Waals surface area (Å²) in [6.07, 6.45) is -4.68. The van der Waals surface area contributed by atoms with Crippen molar-refractivity contribution in [1.82, 2.24) is 0 Å². The van der Waals surface area contributed by atoms with Crippen molar-refractivity contribution in [1.29, 1.82) is 0 Å². The van der Waals surface area contributed by atoms with Gasteiger partial charge in [0.2, 0.25) is 0 Å². The van der Waals surface area contributed by atoms with Crippen LogP contribution in [0.25, 0.3) is 10.8 Å². The van der Waals surface area contributed by atoms with E-state index in [4.69, 9.17) is 4.74 Å². The van der Waals surface area contributed by atoms with E-state index in [2.05, 4.69) is 4.74 Å². The Morgan fingerprint density at radius 3 is 2.35 bits per heavy atom. The molecule has 0 aliphatic rings. The van der Waals surface area contributed by atoms with Gasteiger partial charge in [0.15, 0.2) is 0 Å². The summed E-state index contributed by atoms with van der Waals surface area (Å²) in [5.74, 6) is -1.22. The lowest BCUT2D eigenvalue weighted by Gasteiger charge is -2.17. The molecule has 2 rings (SSSR count). The van der Waals surface area contributed by atoms with Gasteiger partial charge in [-0.1, -0.05) is 24.3 Å². The Hall–Kier alpha value is -2.24. The minimum Gasteiger partial charge on any atom is -0.495 e. The van der Waals surface area contributed by atoms with Gasteiger partial charge < -0.3 is 9.47 Å². The second kappa shape index (κ2) is 5.03. The van der Waals surface area contributed by atoms with E-state index in [9.17, 15) is 18.0 Å². The van der Waals surface area contributed by atoms with Crippen LogP contribution in [-0.4, -0.2) is 20.2 Å². The molecule has 0 saturated carbocycles. The van der Waals surface area contributed by atoms with E-state index in [1.165, 1.54) is 13.2 Å². The average molecular weight is 284 g/mol. The smallest absolute Gasteiger partial charge is 0.417 e. The molecular weight excluding hydrogens is 273 g/mol. The van der Waals surface area contributed by atoms with E-state index in [-0.39, 0.29) is 5.75 Å². The fourth-order valence-corrected chi connectivity index (χ4v) is 2.05. The molecule has 0 saturated heterocycles. The highest BCUT2D eigenvalue weighted by Gasteiger charge is 2.38. The predicted octanol–water partition coefficient (Wildman–Crippen LogP) is 3.65. The molecule has 106 valence electrons. The Kier molecular flexibility index (Phi) is 3.57. The lowest BCUT2D eigenvalue weighted by molar-refractivity contribution is -0.138. The van der Waals surface area contributed by atoms with Gasteiger partial charge in [0, 0.05) is 5.39 Å². The normalized spacial score (nSPS) is 11.4. The number of esters is 1. The first-order valence-electron chi connectivity index (χ1n) is 5.65. The van der Waals surface area contributed by atoms with E-state index in [1.54, 1.807) is 18.2 Å². The third kappa shape index (κ3) is 2.29. The van der Waals surface area contributed by atoms with Gasteiger partial charge in [-0.15, -0.1) is 0 Å². The maximum atomic E-state index is 13.1. The number of fused-ring (bicyclic) bond motifs is 1. The molecule has 0 atom stereocenters. The number of carbonyl (C=O) groups is 1. The van der Waals surface area contributed by atoms with Crippen LogP contribution in [0.4, 0.5) is 13.2 Å². The predicted molar refractivity (Wildman–Crippen MR) is 66.8 cm³/mol. The van der Waals surface area contributed by atoms with Crippen molar-refractivity contribution in [2.75, 3.05) is 14.2 Å². The van der Waals surface area contributed by atoms with Crippen molar-refractivity contribution < 1.29 is 27.4 Å². The monoisotopic (exact) mass is 284 g/mol. The van der Waals surface area contributed by atoms with E-state index in [0.29, 0.717) is 10.8 Å². The zero-order valence-corrected chi connectivity index (χ0v) is 10.7. The highest BCUT2D eigenvalue weighted by atomic mass is 19.4. The first-order valence-corrected chi connectivity index (χ1v) is 5.65. The third-order valence-electron chi connectivity index (χ3n) is 2.90. The highest BCUT2D eigenvalue weighted by Crippen LogP contribution is 2.40. The molecule has 0 spiro atoms. The molecule has 6 heteroatoms. The molecule has 20 heavy (non-hydrogen) atoms. The van der Waals surface area contributed by atoms with Crippen LogP contribution in [0.15, 0.2) is 30.3 Å². The van der Waals surface area contributed by atoms with Crippen LogP contribution in [0.1, 0.15) is 15.9 Å². The maximum absolute atomic E-state index is 13.1. The van der Waals surface area contributed by atoms with Gasteiger partial charge in [0.05, 0.1) is 19.8 Å². The third-order valence-corrected chi connectivity index (χ3v) is 2.90. The van der Waals surface area contributed by atoms with Gasteiger partial charge in [0.1, 0.15) is 11.3 Å². The van der Waals surface area contributed by atoms with Gasteiger partial charge in [-0.25, -0.2) is 4.79 Å². The van der Waals surface area contributed by atoms with Gasteiger partial charge in [0.25, 0.3) is 0 Å². The number of alkyl halides is 3. The Morgan fingerprint density at radius 1 is 1.15 bits per heavy atom. The summed E-state index contributed by atoms with van der Waals surface area (Å²) in [5, 5.41) is 0.757. The molecule has 0 heterocycles. The number of methoxy groups -OCH3 is 2. The molecular formula is C14H11F3O3. The van der Waals surface area contributed by atoms with E-state index in [1.807, 2.05) is 0 Å². The van der Waals surface area contributed by atoms with Crippen LogP contribution in [0.2, 0.25) is 0 Å². The van der Waals surface area contributed by atoms with E-state index in [0.717, 1.165) is 13.2 Å². The Balaban J connectivity index is 2.93. The summed E-state index contributed by atoms with van der Waals surface area (Å²) in [5.41, 5.74) is -1.68. The average Bonchev–Trinajstić information content (AvgIpc) is 2.43. The Labute approximate surface area is 112 Å². The standard InChI is InChI=1S/C14H11F3O3/c1-19-12-9-6-4-3-5-8(9)7-10(14(15,16)17)11(12)13(18)20-2/h3-7H,1-2H3. The van der Waals surface area contributed by atoms with Crippen LogP contribution in [0, 0.1) is 0 Å². The molecule has 0 aromatic heterocycles. The van der Waals surface area contributed by atoms with Gasteiger partial charge in [-0.05, 0) is 11.5 Å². The molecule has 0 N–H and O–H groups in total. The summed E-state index contributed by atoms with van der Waals surface area (Å²) in [4.78, 5) is 11.7. The maximum Gasteiger partial charge on any atom is 0.417 e. The second-order valence-corrected chi connectivity index (χ2v) is 4.04. The molecule has 2 aromatic rings. The van der Waals surface area contributed by atoms with Crippen LogP contribution >= 0.6 is 0 Å². The summed E-state index contributed by atoms with van der Waals surface area (Å²) < 4.78 is 48.8. The SMILES string of the molecule is COC(=O)c1c(C(F)(F)F)cc2ccccc2c1OC. The van der Waals surface area contributed by atoms with Crippen molar-refractivity contribution in [2.24, 2.45) is 0 Å². The number of benzene rings is 2. The number of hydrogen-bond acceptors (Lipinski definition) is 3. The number of ether oxygens (including phenoxy) is 2. The van der Waals surface area contributed by atoms with Gasteiger partial charge in [-0.3, -0.25) is 0 Å². The van der Waals surface area contributed by atoms with Crippen molar-refractivity contribution >= 4 is 16.7 Å². The van der Waals surface area contributed by atoms with Crippen molar-refractivity contribution in [3.05, 3.63) is 41.5 Å². The number of hydrogen-bond donors (Lipinski definition) is 0. The fourth-order valence-electron chi connectivity index (χ4n) is 2.05. The zero-order chi connectivity index (χ0) is 14.9. The summed E-state index contributed by atoms with van der Waals surface area (Å²) in [6, 6.07) is 7.29.